The van der Waals surface area contributed by atoms with Gasteiger partial charge in [-0.25, -0.2) is 8.42 Å². The van der Waals surface area contributed by atoms with Crippen molar-refractivity contribution in [3.05, 3.63) is 64.7 Å². The van der Waals surface area contributed by atoms with E-state index in [1.54, 1.807) is 17.0 Å². The van der Waals surface area contributed by atoms with Crippen LogP contribution in [-0.4, -0.2) is 49.7 Å². The van der Waals surface area contributed by atoms with Crippen molar-refractivity contribution in [2.75, 3.05) is 26.2 Å². The van der Waals surface area contributed by atoms with Gasteiger partial charge in [-0.2, -0.15) is 4.31 Å². The molecule has 6 heteroatoms. The van der Waals surface area contributed by atoms with Crippen LogP contribution in [-0.2, 0) is 16.4 Å². The van der Waals surface area contributed by atoms with Crippen molar-refractivity contribution >= 4 is 15.9 Å². The summed E-state index contributed by atoms with van der Waals surface area (Å²) in [4.78, 5) is 14.8. The maximum absolute atomic E-state index is 12.9. The summed E-state index contributed by atoms with van der Waals surface area (Å²) in [6, 6.07) is 12.9. The average molecular weight is 401 g/mol. The van der Waals surface area contributed by atoms with E-state index in [-0.39, 0.29) is 5.91 Å². The molecule has 1 saturated heterocycles. The summed E-state index contributed by atoms with van der Waals surface area (Å²) in [6.45, 7) is 7.44. The van der Waals surface area contributed by atoms with Crippen LogP contribution in [0.4, 0.5) is 0 Å². The number of carbonyl (C=O) groups excluding carboxylic acids is 1. The van der Waals surface area contributed by atoms with Crippen LogP contribution in [0.15, 0.2) is 47.4 Å². The summed E-state index contributed by atoms with van der Waals surface area (Å²) < 4.78 is 27.3. The van der Waals surface area contributed by atoms with Crippen molar-refractivity contribution in [1.82, 2.24) is 9.21 Å². The van der Waals surface area contributed by atoms with Crippen LogP contribution < -0.4 is 0 Å². The van der Waals surface area contributed by atoms with Gasteiger partial charge in [-0.15, -0.1) is 0 Å². The highest BCUT2D eigenvalue weighted by Crippen LogP contribution is 2.21. The number of sulfonamides is 1. The Hall–Kier alpha value is -2.18. The van der Waals surface area contributed by atoms with Gasteiger partial charge in [0.05, 0.1) is 4.90 Å². The van der Waals surface area contributed by atoms with Crippen molar-refractivity contribution in [3.63, 3.8) is 0 Å². The molecule has 0 radical (unpaired) electrons. The smallest absolute Gasteiger partial charge is 0.253 e. The number of amides is 1. The van der Waals surface area contributed by atoms with Crippen LogP contribution in [0, 0.1) is 13.8 Å². The molecule has 0 aliphatic carbocycles. The molecule has 1 aliphatic rings. The van der Waals surface area contributed by atoms with Crippen LogP contribution in [0.25, 0.3) is 0 Å². The van der Waals surface area contributed by atoms with Crippen LogP contribution in [0.5, 0.6) is 0 Å². The Labute approximate surface area is 168 Å². The third-order valence-corrected chi connectivity index (χ3v) is 7.28. The lowest BCUT2D eigenvalue weighted by Gasteiger charge is -2.34. The van der Waals surface area contributed by atoms with Gasteiger partial charge in [-0.3, -0.25) is 4.79 Å². The molecular weight excluding hydrogens is 372 g/mol. The molecule has 28 heavy (non-hydrogen) atoms. The number of piperazine rings is 1. The molecule has 1 fully saturated rings. The second-order valence-electron chi connectivity index (χ2n) is 7.39. The lowest BCUT2D eigenvalue weighted by molar-refractivity contribution is 0.0698. The highest BCUT2D eigenvalue weighted by Gasteiger charge is 2.30. The molecule has 0 aromatic heterocycles. The quantitative estimate of drug-likeness (QED) is 0.773. The third-order valence-electron chi connectivity index (χ3n) is 5.38. The Morgan fingerprint density at radius 1 is 0.929 bits per heavy atom. The first-order chi connectivity index (χ1) is 13.3. The highest BCUT2D eigenvalue weighted by atomic mass is 32.2. The molecule has 0 atom stereocenters. The zero-order chi connectivity index (χ0) is 20.3. The fourth-order valence-electron chi connectivity index (χ4n) is 3.44. The Morgan fingerprint density at radius 2 is 1.57 bits per heavy atom. The largest absolute Gasteiger partial charge is 0.336 e. The molecule has 0 bridgehead atoms. The van der Waals surface area contributed by atoms with E-state index in [2.05, 4.69) is 6.92 Å². The third kappa shape index (κ3) is 4.28. The van der Waals surface area contributed by atoms with Gasteiger partial charge < -0.3 is 4.90 Å². The van der Waals surface area contributed by atoms with E-state index in [0.29, 0.717) is 36.6 Å². The number of hydrogen-bond donors (Lipinski definition) is 0. The molecule has 3 rings (SSSR count). The Morgan fingerprint density at radius 3 is 2.14 bits per heavy atom. The maximum atomic E-state index is 12.9. The van der Waals surface area contributed by atoms with E-state index in [0.717, 1.165) is 24.0 Å². The fraction of sp³-hybridized carbons (Fsp3) is 0.409. The summed E-state index contributed by atoms with van der Waals surface area (Å²) in [6.07, 6.45) is 2.08. The van der Waals surface area contributed by atoms with Gasteiger partial charge in [0.25, 0.3) is 5.91 Å². The average Bonchev–Trinajstić information content (AvgIpc) is 2.70. The molecule has 1 amide bonds. The zero-order valence-corrected chi connectivity index (χ0v) is 17.6. The van der Waals surface area contributed by atoms with Crippen molar-refractivity contribution in [1.29, 1.82) is 0 Å². The maximum Gasteiger partial charge on any atom is 0.253 e. The first kappa shape index (κ1) is 20.6. The van der Waals surface area contributed by atoms with Gasteiger partial charge in [0, 0.05) is 31.7 Å². The van der Waals surface area contributed by atoms with Crippen molar-refractivity contribution in [3.8, 4) is 0 Å². The lowest BCUT2D eigenvalue weighted by Crippen LogP contribution is -2.50. The standard InChI is InChI=1S/C22H28N2O3S/c1-4-5-19-7-9-20(10-8-19)22(25)23-12-14-24(15-13-23)28(26,27)21-11-6-17(2)18(3)16-21/h6-11,16H,4-5,12-15H2,1-3H3. The van der Waals surface area contributed by atoms with Crippen LogP contribution in [0.2, 0.25) is 0 Å². The number of benzene rings is 2. The second kappa shape index (κ2) is 8.45. The summed E-state index contributed by atoms with van der Waals surface area (Å²) in [5, 5.41) is 0. The summed E-state index contributed by atoms with van der Waals surface area (Å²) in [5.41, 5.74) is 3.91. The number of rotatable bonds is 5. The van der Waals surface area contributed by atoms with E-state index in [4.69, 9.17) is 0 Å². The molecule has 2 aromatic rings. The van der Waals surface area contributed by atoms with E-state index >= 15 is 0 Å². The first-order valence-corrected chi connectivity index (χ1v) is 11.2. The summed E-state index contributed by atoms with van der Waals surface area (Å²) in [5.74, 6) is -0.0359. The first-order valence-electron chi connectivity index (χ1n) is 9.78. The van der Waals surface area contributed by atoms with Crippen LogP contribution in [0.1, 0.15) is 40.4 Å². The SMILES string of the molecule is CCCc1ccc(C(=O)N2CCN(S(=O)(=O)c3ccc(C)c(C)c3)CC2)cc1. The zero-order valence-electron chi connectivity index (χ0n) is 16.8. The van der Waals surface area contributed by atoms with E-state index in [1.165, 1.54) is 9.87 Å². The molecule has 0 saturated carbocycles. The normalized spacial score (nSPS) is 15.6. The molecule has 1 aliphatic heterocycles. The Kier molecular flexibility index (Phi) is 6.20. The van der Waals surface area contributed by atoms with Crippen molar-refractivity contribution in [2.45, 2.75) is 38.5 Å². The van der Waals surface area contributed by atoms with Gasteiger partial charge in [-0.1, -0.05) is 31.5 Å². The molecular formula is C22H28N2O3S. The predicted octanol–water partition coefficient (Wildman–Crippen LogP) is 3.40. The number of carbonyl (C=O) groups is 1. The number of aryl methyl sites for hydroxylation is 3. The van der Waals surface area contributed by atoms with E-state index in [9.17, 15) is 13.2 Å². The molecule has 2 aromatic carbocycles. The van der Waals surface area contributed by atoms with E-state index in [1.807, 2.05) is 44.2 Å². The number of nitrogens with zero attached hydrogens (tertiary/aromatic N) is 2. The molecule has 0 unspecified atom stereocenters. The lowest BCUT2D eigenvalue weighted by atomic mass is 10.1. The summed E-state index contributed by atoms with van der Waals surface area (Å²) in [7, 11) is -3.53. The Balaban J connectivity index is 1.66. The fourth-order valence-corrected chi connectivity index (χ4v) is 4.95. The minimum absolute atomic E-state index is 0.0359. The van der Waals surface area contributed by atoms with Gasteiger partial charge in [0.1, 0.15) is 0 Å². The van der Waals surface area contributed by atoms with Gasteiger partial charge in [0.2, 0.25) is 10.0 Å². The molecule has 0 spiro atoms. The van der Waals surface area contributed by atoms with Crippen molar-refractivity contribution < 1.29 is 13.2 Å². The summed E-state index contributed by atoms with van der Waals surface area (Å²) >= 11 is 0. The minimum atomic E-state index is -3.53. The monoisotopic (exact) mass is 400 g/mol. The van der Waals surface area contributed by atoms with Gasteiger partial charge in [-0.05, 0) is 61.2 Å². The molecule has 5 nitrogen and oxygen atoms in total. The van der Waals surface area contributed by atoms with Gasteiger partial charge >= 0.3 is 0 Å². The van der Waals surface area contributed by atoms with E-state index < -0.39 is 10.0 Å². The van der Waals surface area contributed by atoms with Crippen LogP contribution in [0.3, 0.4) is 0 Å². The predicted molar refractivity (Wildman–Crippen MR) is 111 cm³/mol. The topological polar surface area (TPSA) is 57.7 Å². The van der Waals surface area contributed by atoms with Crippen LogP contribution >= 0.6 is 0 Å². The van der Waals surface area contributed by atoms with Crippen molar-refractivity contribution in [2.24, 2.45) is 0 Å². The highest BCUT2D eigenvalue weighted by molar-refractivity contribution is 7.89. The molecule has 150 valence electrons. The number of hydrogen-bond acceptors (Lipinski definition) is 3. The molecule has 1 heterocycles. The molecule has 0 N–H and O–H groups in total. The minimum Gasteiger partial charge on any atom is -0.336 e. The Bertz CT molecular complexity index is 944. The van der Waals surface area contributed by atoms with Gasteiger partial charge in [0.15, 0.2) is 0 Å². The second-order valence-corrected chi connectivity index (χ2v) is 9.33.